The van der Waals surface area contributed by atoms with Crippen molar-refractivity contribution in [2.24, 2.45) is 17.8 Å². The van der Waals surface area contributed by atoms with Crippen LogP contribution in [0.2, 0.25) is 0 Å². The van der Waals surface area contributed by atoms with Crippen LogP contribution in [-0.2, 0) is 25.6 Å². The number of benzene rings is 4. The number of phenols is 1. The molecule has 2 saturated heterocycles. The van der Waals surface area contributed by atoms with Gasteiger partial charge >= 0.3 is 0 Å². The molecule has 2 aliphatic heterocycles. The molecule has 0 bridgehead atoms. The third-order valence-electron chi connectivity index (χ3n) is 11.5. The molecule has 290 valence electrons. The third kappa shape index (κ3) is 5.20. The second-order valence-electron chi connectivity index (χ2n) is 14.3. The van der Waals surface area contributed by atoms with E-state index in [1.54, 1.807) is 30.3 Å². The molecule has 15 heteroatoms. The second-order valence-corrected chi connectivity index (χ2v) is 15.5. The van der Waals surface area contributed by atoms with Crippen LogP contribution in [-0.4, -0.2) is 44.3 Å². The van der Waals surface area contributed by atoms with E-state index in [1.807, 2.05) is 0 Å². The molecule has 3 fully saturated rings. The number of aromatic hydroxyl groups is 1. The van der Waals surface area contributed by atoms with Crippen molar-refractivity contribution < 1.29 is 51.0 Å². The number of alkyl halides is 2. The van der Waals surface area contributed by atoms with Crippen molar-refractivity contribution in [1.29, 1.82) is 0 Å². The number of anilines is 2. The standard InChI is InChI=1S/C42H27Cl2F5N2O6/c1-2-7-19-10-6-11-25(36(19)53)28-23-16-17-24-27(38(55)50(37(24)54)22-14-12-21(13-15-22)35(52)20-8-4-3-5-9-20)26(23)18-41(43)39(56)51(40(57)42(28,41)44)34-32(48)30(46)29(45)31(47)33(34)49/h2-6,8-16,24,26-28,53H,1,7,17-18H2. The summed E-state index contributed by atoms with van der Waals surface area (Å²) in [6.45, 7) is 3.67. The van der Waals surface area contributed by atoms with Crippen LogP contribution in [0, 0.1) is 46.8 Å². The molecular weight excluding hydrogens is 794 g/mol. The number of amides is 4. The molecule has 0 spiro atoms. The molecule has 6 unspecified atom stereocenters. The first kappa shape index (κ1) is 38.2. The van der Waals surface area contributed by atoms with Gasteiger partial charge in [0.1, 0.15) is 11.4 Å². The van der Waals surface area contributed by atoms with Gasteiger partial charge in [-0.15, -0.1) is 29.8 Å². The van der Waals surface area contributed by atoms with Crippen molar-refractivity contribution in [2.75, 3.05) is 9.80 Å². The molecule has 2 heterocycles. The van der Waals surface area contributed by atoms with Gasteiger partial charge in [0.15, 0.2) is 38.8 Å². The number of phenolic OH excluding ortho intramolecular Hbond substituents is 1. The fourth-order valence-corrected chi connectivity index (χ4v) is 9.78. The average Bonchev–Trinajstić information content (AvgIpc) is 3.55. The van der Waals surface area contributed by atoms with Crippen LogP contribution in [0.1, 0.15) is 45.8 Å². The SMILES string of the molecule is C=CCc1cccc(C2C3=CCC4C(=O)N(c5ccc(C(=O)c6ccccc6)cc5)C(=O)C4C3CC3(Cl)C(=O)N(c4c(F)c(F)c(F)c(F)c4F)C(=O)C23Cl)c1O. The second kappa shape index (κ2) is 13.5. The number of allylic oxidation sites excluding steroid dienone is 3. The van der Waals surface area contributed by atoms with Gasteiger partial charge < -0.3 is 5.11 Å². The maximum Gasteiger partial charge on any atom is 0.258 e. The van der Waals surface area contributed by atoms with E-state index in [-0.39, 0.29) is 51.5 Å². The lowest BCUT2D eigenvalue weighted by Crippen LogP contribution is -2.60. The number of nitrogens with zero attached hydrogens (tertiary/aromatic N) is 2. The molecule has 8 rings (SSSR count). The number of halogens is 7. The number of imide groups is 2. The van der Waals surface area contributed by atoms with Gasteiger partial charge in [0, 0.05) is 22.6 Å². The Morgan fingerprint density at radius 2 is 1.39 bits per heavy atom. The van der Waals surface area contributed by atoms with E-state index in [0.717, 1.165) is 4.90 Å². The van der Waals surface area contributed by atoms with Gasteiger partial charge in [-0.3, -0.25) is 28.9 Å². The maximum atomic E-state index is 15.4. The summed E-state index contributed by atoms with van der Waals surface area (Å²) in [5.41, 5.74) is -0.715. The number of para-hydroxylation sites is 1. The van der Waals surface area contributed by atoms with E-state index in [9.17, 15) is 42.3 Å². The van der Waals surface area contributed by atoms with Crippen LogP contribution >= 0.6 is 23.2 Å². The summed E-state index contributed by atoms with van der Waals surface area (Å²) in [7, 11) is 0. The molecule has 8 nitrogen and oxygen atoms in total. The molecule has 57 heavy (non-hydrogen) atoms. The molecule has 2 aliphatic carbocycles. The molecule has 4 amide bonds. The molecule has 6 atom stereocenters. The highest BCUT2D eigenvalue weighted by atomic mass is 35.5. The minimum Gasteiger partial charge on any atom is -0.507 e. The number of hydrogen-bond donors (Lipinski definition) is 1. The lowest BCUT2D eigenvalue weighted by Gasteiger charge is -2.50. The van der Waals surface area contributed by atoms with E-state index in [1.165, 1.54) is 54.6 Å². The van der Waals surface area contributed by atoms with Gasteiger partial charge in [0.05, 0.1) is 17.5 Å². The first-order chi connectivity index (χ1) is 27.1. The Morgan fingerprint density at radius 3 is 2.02 bits per heavy atom. The summed E-state index contributed by atoms with van der Waals surface area (Å²) in [4.78, 5) is 65.7. The Labute approximate surface area is 330 Å². The zero-order valence-corrected chi connectivity index (χ0v) is 30.8. The minimum absolute atomic E-state index is 0.0993. The molecule has 4 aromatic rings. The van der Waals surface area contributed by atoms with Crippen LogP contribution in [0.4, 0.5) is 33.3 Å². The van der Waals surface area contributed by atoms with E-state index in [2.05, 4.69) is 6.58 Å². The van der Waals surface area contributed by atoms with Crippen LogP contribution in [0.3, 0.4) is 0 Å². The highest BCUT2D eigenvalue weighted by molar-refractivity contribution is 6.58. The van der Waals surface area contributed by atoms with Crippen LogP contribution in [0.15, 0.2) is 97.1 Å². The first-order valence-corrected chi connectivity index (χ1v) is 18.3. The normalized spacial score (nSPS) is 26.6. The van der Waals surface area contributed by atoms with Crippen molar-refractivity contribution in [1.82, 2.24) is 0 Å². The number of ketones is 1. The number of carbonyl (C=O) groups excluding carboxylic acids is 5. The predicted octanol–water partition coefficient (Wildman–Crippen LogP) is 7.82. The highest BCUT2D eigenvalue weighted by Crippen LogP contribution is 2.67. The van der Waals surface area contributed by atoms with Gasteiger partial charge in [0.2, 0.25) is 17.6 Å². The molecule has 4 aliphatic rings. The van der Waals surface area contributed by atoms with Gasteiger partial charge in [-0.25, -0.2) is 26.9 Å². The molecule has 1 N–H and O–H groups in total. The van der Waals surface area contributed by atoms with Crippen LogP contribution < -0.4 is 9.80 Å². The Balaban J connectivity index is 1.25. The Morgan fingerprint density at radius 1 is 0.772 bits per heavy atom. The average molecular weight is 822 g/mol. The number of rotatable bonds is 7. The molecular formula is C42H27Cl2F5N2O6. The zero-order valence-electron chi connectivity index (χ0n) is 29.2. The summed E-state index contributed by atoms with van der Waals surface area (Å²) in [6, 6.07) is 18.6. The predicted molar refractivity (Wildman–Crippen MR) is 197 cm³/mol. The lowest BCUT2D eigenvalue weighted by atomic mass is 9.56. The number of carbonyl (C=O) groups is 5. The van der Waals surface area contributed by atoms with Crippen molar-refractivity contribution >= 4 is 64.0 Å². The maximum absolute atomic E-state index is 15.4. The Hall–Kier alpha value is -5.66. The van der Waals surface area contributed by atoms with Crippen LogP contribution in [0.25, 0.3) is 0 Å². The fraction of sp³-hybridized carbons (Fsp3) is 0.214. The van der Waals surface area contributed by atoms with E-state index in [4.69, 9.17) is 23.2 Å². The van der Waals surface area contributed by atoms with E-state index in [0.29, 0.717) is 5.56 Å². The molecule has 0 radical (unpaired) electrons. The van der Waals surface area contributed by atoms with Gasteiger partial charge in [-0.2, -0.15) is 0 Å². The topological polar surface area (TPSA) is 112 Å². The number of fused-ring (bicyclic) bond motifs is 4. The smallest absolute Gasteiger partial charge is 0.258 e. The summed E-state index contributed by atoms with van der Waals surface area (Å²) in [6.07, 6.45) is 2.29. The summed E-state index contributed by atoms with van der Waals surface area (Å²) >= 11 is 14.4. The summed E-state index contributed by atoms with van der Waals surface area (Å²) < 4.78 is 74.0. The van der Waals surface area contributed by atoms with Crippen LogP contribution in [0.5, 0.6) is 5.75 Å². The molecule has 4 aromatic carbocycles. The summed E-state index contributed by atoms with van der Waals surface area (Å²) in [5.74, 6) is -22.9. The van der Waals surface area contributed by atoms with Gasteiger partial charge in [-0.05, 0) is 55.0 Å². The first-order valence-electron chi connectivity index (χ1n) is 17.6. The Kier molecular flexibility index (Phi) is 9.04. The van der Waals surface area contributed by atoms with Crippen molar-refractivity contribution in [3.63, 3.8) is 0 Å². The number of hydrogen-bond acceptors (Lipinski definition) is 6. The Bertz CT molecular complexity index is 2490. The van der Waals surface area contributed by atoms with Crippen molar-refractivity contribution in [3.05, 3.63) is 148 Å². The zero-order chi connectivity index (χ0) is 40.9. The minimum atomic E-state index is -2.79. The van der Waals surface area contributed by atoms with Gasteiger partial charge in [0.25, 0.3) is 11.8 Å². The molecule has 0 aromatic heterocycles. The third-order valence-corrected chi connectivity index (χ3v) is 12.9. The molecule has 1 saturated carbocycles. The van der Waals surface area contributed by atoms with Crippen molar-refractivity contribution in [2.45, 2.75) is 34.9 Å². The van der Waals surface area contributed by atoms with E-state index >= 15 is 8.78 Å². The highest BCUT2D eigenvalue weighted by Gasteiger charge is 2.77. The lowest BCUT2D eigenvalue weighted by molar-refractivity contribution is -0.125. The van der Waals surface area contributed by atoms with E-state index < -0.39 is 104 Å². The van der Waals surface area contributed by atoms with Gasteiger partial charge in [-0.1, -0.05) is 66.3 Å². The monoisotopic (exact) mass is 820 g/mol. The summed E-state index contributed by atoms with van der Waals surface area (Å²) in [5, 5.41) is 11.6. The fourth-order valence-electron chi connectivity index (χ4n) is 8.85. The van der Waals surface area contributed by atoms with Crippen molar-refractivity contribution in [3.8, 4) is 5.75 Å². The largest absolute Gasteiger partial charge is 0.507 e. The quantitative estimate of drug-likeness (QED) is 0.0388.